The van der Waals surface area contributed by atoms with E-state index in [1.807, 2.05) is 40.9 Å². The number of thioether (sulfide) groups is 1. The summed E-state index contributed by atoms with van der Waals surface area (Å²) in [7, 11) is 0. The first-order valence-corrected chi connectivity index (χ1v) is 12.5. The SMILES string of the molecule is CC(NC(=O)c1ccc(C(C)(C)C)cc1)C(=O)Nc1ccc(CC(=O)N2CCSCC2)cc1. The van der Waals surface area contributed by atoms with Gasteiger partial charge in [0.25, 0.3) is 5.91 Å². The normalized spacial score (nSPS) is 15.0. The number of nitrogens with one attached hydrogen (secondary N) is 2. The molecule has 7 heteroatoms. The molecule has 176 valence electrons. The third kappa shape index (κ3) is 7.09. The van der Waals surface area contributed by atoms with Gasteiger partial charge in [-0.15, -0.1) is 0 Å². The number of carbonyl (C=O) groups excluding carboxylic acids is 3. The number of nitrogens with zero attached hydrogens (tertiary/aromatic N) is 1. The lowest BCUT2D eigenvalue weighted by Gasteiger charge is -2.26. The Labute approximate surface area is 200 Å². The van der Waals surface area contributed by atoms with E-state index >= 15 is 0 Å². The van der Waals surface area contributed by atoms with E-state index in [0.29, 0.717) is 17.7 Å². The van der Waals surface area contributed by atoms with Gasteiger partial charge in [-0.2, -0.15) is 11.8 Å². The van der Waals surface area contributed by atoms with Crippen LogP contribution < -0.4 is 10.6 Å². The number of anilines is 1. The van der Waals surface area contributed by atoms with E-state index in [4.69, 9.17) is 0 Å². The second-order valence-electron chi connectivity index (χ2n) is 9.38. The van der Waals surface area contributed by atoms with Crippen molar-refractivity contribution in [2.24, 2.45) is 0 Å². The maximum absolute atomic E-state index is 12.5. The maximum Gasteiger partial charge on any atom is 0.251 e. The molecule has 0 saturated carbocycles. The Kier molecular flexibility index (Phi) is 8.19. The van der Waals surface area contributed by atoms with E-state index in [2.05, 4.69) is 31.4 Å². The Morgan fingerprint density at radius 3 is 2.15 bits per heavy atom. The average molecular weight is 468 g/mol. The molecule has 3 rings (SSSR count). The average Bonchev–Trinajstić information content (AvgIpc) is 2.80. The lowest BCUT2D eigenvalue weighted by atomic mass is 9.86. The van der Waals surface area contributed by atoms with Gasteiger partial charge >= 0.3 is 0 Å². The molecule has 1 atom stereocenters. The topological polar surface area (TPSA) is 78.5 Å². The molecule has 0 bridgehead atoms. The van der Waals surface area contributed by atoms with Crippen LogP contribution >= 0.6 is 11.8 Å². The van der Waals surface area contributed by atoms with Gasteiger partial charge in [0.2, 0.25) is 11.8 Å². The molecular formula is C26H33N3O3S. The molecule has 1 aliphatic heterocycles. The first kappa shape index (κ1) is 24.8. The molecule has 33 heavy (non-hydrogen) atoms. The molecule has 3 amide bonds. The standard InChI is InChI=1S/C26H33N3O3S/c1-18(27-25(32)20-7-9-21(10-8-20)26(2,3)4)24(31)28-22-11-5-19(6-12-22)17-23(30)29-13-15-33-16-14-29/h5-12,18H,13-17H2,1-4H3,(H,27,32)(H,28,31). The summed E-state index contributed by atoms with van der Waals surface area (Å²) in [4.78, 5) is 39.4. The molecule has 1 saturated heterocycles. The number of carbonyl (C=O) groups is 3. The monoisotopic (exact) mass is 467 g/mol. The van der Waals surface area contributed by atoms with Gasteiger partial charge in [-0.1, -0.05) is 45.0 Å². The van der Waals surface area contributed by atoms with E-state index in [-0.39, 0.29) is 23.1 Å². The van der Waals surface area contributed by atoms with Crippen molar-refractivity contribution in [3.63, 3.8) is 0 Å². The molecule has 6 nitrogen and oxygen atoms in total. The Hall–Kier alpha value is -2.80. The van der Waals surface area contributed by atoms with Crippen molar-refractivity contribution in [2.75, 3.05) is 29.9 Å². The zero-order valence-corrected chi connectivity index (χ0v) is 20.6. The maximum atomic E-state index is 12.5. The van der Waals surface area contributed by atoms with E-state index in [0.717, 1.165) is 35.7 Å². The first-order chi connectivity index (χ1) is 15.6. The summed E-state index contributed by atoms with van der Waals surface area (Å²) in [5.41, 5.74) is 3.21. The summed E-state index contributed by atoms with van der Waals surface area (Å²) < 4.78 is 0. The molecule has 0 aromatic heterocycles. The van der Waals surface area contributed by atoms with E-state index in [1.54, 1.807) is 31.2 Å². The Balaban J connectivity index is 1.50. The quantitative estimate of drug-likeness (QED) is 0.676. The minimum atomic E-state index is -0.696. The molecular weight excluding hydrogens is 434 g/mol. The van der Waals surface area contributed by atoms with Gasteiger partial charge in [0, 0.05) is 35.8 Å². The van der Waals surface area contributed by atoms with Crippen LogP contribution in [0.25, 0.3) is 0 Å². The van der Waals surface area contributed by atoms with Gasteiger partial charge in [0.05, 0.1) is 6.42 Å². The van der Waals surface area contributed by atoms with Crippen molar-refractivity contribution in [3.8, 4) is 0 Å². The van der Waals surface area contributed by atoms with Crippen molar-refractivity contribution in [1.82, 2.24) is 10.2 Å². The fraction of sp³-hybridized carbons (Fsp3) is 0.423. The highest BCUT2D eigenvalue weighted by Crippen LogP contribution is 2.22. The minimum absolute atomic E-state index is 0.0116. The molecule has 0 radical (unpaired) electrons. The smallest absolute Gasteiger partial charge is 0.251 e. The minimum Gasteiger partial charge on any atom is -0.341 e. The number of amides is 3. The predicted molar refractivity (Wildman–Crippen MR) is 135 cm³/mol. The lowest BCUT2D eigenvalue weighted by Crippen LogP contribution is -2.41. The van der Waals surface area contributed by atoms with Crippen LogP contribution in [-0.4, -0.2) is 53.3 Å². The summed E-state index contributed by atoms with van der Waals surface area (Å²) in [6.07, 6.45) is 0.360. The predicted octanol–water partition coefficient (Wildman–Crippen LogP) is 3.86. The molecule has 1 fully saturated rings. The van der Waals surface area contributed by atoms with Crippen molar-refractivity contribution in [3.05, 3.63) is 65.2 Å². The van der Waals surface area contributed by atoms with Gasteiger partial charge in [-0.3, -0.25) is 14.4 Å². The van der Waals surface area contributed by atoms with Crippen molar-refractivity contribution < 1.29 is 14.4 Å². The summed E-state index contributed by atoms with van der Waals surface area (Å²) >= 11 is 1.88. The lowest BCUT2D eigenvalue weighted by molar-refractivity contribution is -0.130. The fourth-order valence-corrected chi connectivity index (χ4v) is 4.43. The summed E-state index contributed by atoms with van der Waals surface area (Å²) in [5, 5.41) is 5.57. The highest BCUT2D eigenvalue weighted by Gasteiger charge is 2.19. The van der Waals surface area contributed by atoms with Crippen LogP contribution in [0.2, 0.25) is 0 Å². The van der Waals surface area contributed by atoms with Crippen LogP contribution in [0.1, 0.15) is 49.2 Å². The third-order valence-corrected chi connectivity index (χ3v) is 6.64. The molecule has 1 aliphatic rings. The van der Waals surface area contributed by atoms with Crippen LogP contribution in [0.4, 0.5) is 5.69 Å². The third-order valence-electron chi connectivity index (χ3n) is 5.69. The highest BCUT2D eigenvalue weighted by atomic mass is 32.2. The van der Waals surface area contributed by atoms with Gasteiger partial charge in [0.1, 0.15) is 6.04 Å². The van der Waals surface area contributed by atoms with Gasteiger partial charge < -0.3 is 15.5 Å². The molecule has 2 aromatic carbocycles. The number of hydrogen-bond acceptors (Lipinski definition) is 4. The summed E-state index contributed by atoms with van der Waals surface area (Å²) in [6.45, 7) is 9.62. The highest BCUT2D eigenvalue weighted by molar-refractivity contribution is 7.99. The van der Waals surface area contributed by atoms with E-state index < -0.39 is 6.04 Å². The zero-order chi connectivity index (χ0) is 24.0. The Morgan fingerprint density at radius 1 is 0.970 bits per heavy atom. The second-order valence-corrected chi connectivity index (χ2v) is 10.6. The van der Waals surface area contributed by atoms with Crippen molar-refractivity contribution >= 4 is 35.2 Å². The molecule has 0 spiro atoms. The van der Waals surface area contributed by atoms with Crippen LogP contribution in [0, 0.1) is 0 Å². The van der Waals surface area contributed by atoms with Crippen LogP contribution in [-0.2, 0) is 21.4 Å². The summed E-state index contributed by atoms with van der Waals surface area (Å²) in [5.74, 6) is 1.53. The van der Waals surface area contributed by atoms with E-state index in [9.17, 15) is 14.4 Å². The molecule has 2 N–H and O–H groups in total. The summed E-state index contributed by atoms with van der Waals surface area (Å²) in [6, 6.07) is 14.0. The fourth-order valence-electron chi connectivity index (χ4n) is 3.52. The molecule has 1 heterocycles. The number of rotatable bonds is 6. The van der Waals surface area contributed by atoms with E-state index in [1.165, 1.54) is 0 Å². The van der Waals surface area contributed by atoms with Crippen LogP contribution in [0.15, 0.2) is 48.5 Å². The first-order valence-electron chi connectivity index (χ1n) is 11.3. The van der Waals surface area contributed by atoms with Crippen molar-refractivity contribution in [1.29, 1.82) is 0 Å². The number of benzene rings is 2. The molecule has 0 aliphatic carbocycles. The Bertz CT molecular complexity index is 975. The molecule has 2 aromatic rings. The molecule has 1 unspecified atom stereocenters. The zero-order valence-electron chi connectivity index (χ0n) is 19.8. The van der Waals surface area contributed by atoms with Crippen LogP contribution in [0.5, 0.6) is 0 Å². The van der Waals surface area contributed by atoms with Gasteiger partial charge in [-0.25, -0.2) is 0 Å². The van der Waals surface area contributed by atoms with Gasteiger partial charge in [0.15, 0.2) is 0 Å². The van der Waals surface area contributed by atoms with Crippen molar-refractivity contribution in [2.45, 2.75) is 45.6 Å². The Morgan fingerprint density at radius 2 is 1.58 bits per heavy atom. The largest absolute Gasteiger partial charge is 0.341 e. The van der Waals surface area contributed by atoms with Crippen LogP contribution in [0.3, 0.4) is 0 Å². The number of hydrogen-bond donors (Lipinski definition) is 2. The second kappa shape index (κ2) is 10.9. The van der Waals surface area contributed by atoms with Gasteiger partial charge in [-0.05, 0) is 47.7 Å².